The average Bonchev–Trinajstić information content (AvgIpc) is 2.78. The molecule has 0 saturated carbocycles. The van der Waals surface area contributed by atoms with Gasteiger partial charge in [0.15, 0.2) is 0 Å². The Hall–Kier alpha value is -1.56. The minimum Gasteiger partial charge on any atom is -0.394 e. The molecule has 0 aliphatic carbocycles. The first-order chi connectivity index (χ1) is 8.08. The molecule has 2 aromatic heterocycles. The van der Waals surface area contributed by atoms with Crippen molar-refractivity contribution >= 4 is 22.8 Å². The van der Waals surface area contributed by atoms with Crippen molar-refractivity contribution in [2.24, 2.45) is 7.05 Å². The van der Waals surface area contributed by atoms with Crippen molar-refractivity contribution in [3.63, 3.8) is 0 Å². The van der Waals surface area contributed by atoms with Gasteiger partial charge in [-0.3, -0.25) is 4.68 Å². The summed E-state index contributed by atoms with van der Waals surface area (Å²) in [5.74, 6) is 0.885. The van der Waals surface area contributed by atoms with Gasteiger partial charge in [0.1, 0.15) is 5.82 Å². The summed E-state index contributed by atoms with van der Waals surface area (Å²) in [6, 6.07) is 0. The second-order valence-corrected chi connectivity index (χ2v) is 4.97. The maximum atomic E-state index is 5.93. The summed E-state index contributed by atoms with van der Waals surface area (Å²) >= 11 is 1.69. The highest BCUT2D eigenvalue weighted by atomic mass is 32.1. The molecule has 0 radical (unpaired) electrons. The fourth-order valence-electron chi connectivity index (χ4n) is 1.69. The lowest BCUT2D eigenvalue weighted by atomic mass is 10.3. The lowest BCUT2D eigenvalue weighted by Crippen LogP contribution is -2.09. The number of aryl methyl sites for hydroxylation is 3. The van der Waals surface area contributed by atoms with Crippen LogP contribution in [0.2, 0.25) is 0 Å². The Kier molecular flexibility index (Phi) is 3.33. The molecule has 0 fully saturated rings. The third kappa shape index (κ3) is 2.58. The zero-order chi connectivity index (χ0) is 12.4. The molecule has 5 nitrogen and oxygen atoms in total. The summed E-state index contributed by atoms with van der Waals surface area (Å²) in [4.78, 5) is 4.42. The predicted octanol–water partition coefficient (Wildman–Crippen LogP) is 1.73. The number of anilines is 2. The average molecular weight is 251 g/mol. The van der Waals surface area contributed by atoms with E-state index in [9.17, 15) is 0 Å². The van der Waals surface area contributed by atoms with Crippen LogP contribution in [0.3, 0.4) is 0 Å². The molecular weight excluding hydrogens is 234 g/mol. The van der Waals surface area contributed by atoms with Crippen LogP contribution < -0.4 is 11.1 Å². The summed E-state index contributed by atoms with van der Waals surface area (Å²) in [5, 5.41) is 10.8. The van der Waals surface area contributed by atoms with Gasteiger partial charge in [0.25, 0.3) is 0 Å². The van der Waals surface area contributed by atoms with E-state index in [0.717, 1.165) is 40.9 Å². The van der Waals surface area contributed by atoms with Crippen molar-refractivity contribution in [1.82, 2.24) is 14.8 Å². The Morgan fingerprint density at radius 2 is 2.24 bits per heavy atom. The van der Waals surface area contributed by atoms with Crippen molar-refractivity contribution in [2.45, 2.75) is 20.3 Å². The van der Waals surface area contributed by atoms with Crippen LogP contribution in [0, 0.1) is 13.8 Å². The first-order valence-electron chi connectivity index (χ1n) is 5.52. The van der Waals surface area contributed by atoms with E-state index in [1.807, 2.05) is 20.9 Å². The Balaban J connectivity index is 1.94. The molecule has 0 aliphatic heterocycles. The van der Waals surface area contributed by atoms with Gasteiger partial charge < -0.3 is 11.1 Å². The van der Waals surface area contributed by atoms with Gasteiger partial charge in [-0.25, -0.2) is 4.98 Å². The summed E-state index contributed by atoms with van der Waals surface area (Å²) in [6.07, 6.45) is 0.905. The van der Waals surface area contributed by atoms with Gasteiger partial charge in [0.2, 0.25) is 0 Å². The monoisotopic (exact) mass is 251 g/mol. The first kappa shape index (κ1) is 11.9. The van der Waals surface area contributed by atoms with E-state index in [2.05, 4.69) is 20.8 Å². The van der Waals surface area contributed by atoms with Crippen LogP contribution in [-0.4, -0.2) is 21.3 Å². The molecule has 2 aromatic rings. The quantitative estimate of drug-likeness (QED) is 0.868. The second-order valence-electron chi connectivity index (χ2n) is 4.03. The fraction of sp³-hybridized carbons (Fsp3) is 0.455. The smallest absolute Gasteiger partial charge is 0.147 e. The van der Waals surface area contributed by atoms with Crippen molar-refractivity contribution in [1.29, 1.82) is 0 Å². The molecule has 0 atom stereocenters. The van der Waals surface area contributed by atoms with Crippen LogP contribution >= 0.6 is 11.3 Å². The molecule has 0 amide bonds. The van der Waals surface area contributed by atoms with Gasteiger partial charge in [0.05, 0.1) is 16.4 Å². The summed E-state index contributed by atoms with van der Waals surface area (Å²) < 4.78 is 1.78. The molecule has 2 rings (SSSR count). The highest BCUT2D eigenvalue weighted by Crippen LogP contribution is 2.20. The van der Waals surface area contributed by atoms with Crippen LogP contribution in [0.4, 0.5) is 11.5 Å². The molecular formula is C11H17N5S. The van der Waals surface area contributed by atoms with Crippen LogP contribution in [0.1, 0.15) is 16.4 Å². The highest BCUT2D eigenvalue weighted by Gasteiger charge is 2.09. The van der Waals surface area contributed by atoms with Crippen LogP contribution in [0.5, 0.6) is 0 Å². The fourth-order valence-corrected chi connectivity index (χ4v) is 2.47. The maximum absolute atomic E-state index is 5.93. The molecule has 0 spiro atoms. The third-order valence-corrected chi connectivity index (χ3v) is 3.59. The van der Waals surface area contributed by atoms with Crippen LogP contribution in [0.15, 0.2) is 5.38 Å². The normalized spacial score (nSPS) is 10.8. The lowest BCUT2D eigenvalue weighted by molar-refractivity contribution is 0.757. The zero-order valence-electron chi connectivity index (χ0n) is 10.3. The number of hydrogen-bond donors (Lipinski definition) is 2. The van der Waals surface area contributed by atoms with Crippen molar-refractivity contribution in [3.05, 3.63) is 21.8 Å². The molecule has 0 aromatic carbocycles. The summed E-state index contributed by atoms with van der Waals surface area (Å²) in [5.41, 5.74) is 8.60. The Morgan fingerprint density at radius 3 is 2.76 bits per heavy atom. The molecule has 92 valence electrons. The van der Waals surface area contributed by atoms with Gasteiger partial charge in [0, 0.05) is 31.1 Å². The number of nitrogens with zero attached hydrogens (tertiary/aromatic N) is 3. The van der Waals surface area contributed by atoms with E-state index in [4.69, 9.17) is 5.73 Å². The standard InChI is InChI=1S/C11H17N5S/c1-7-6-17-9(14-7)4-5-13-11-10(12)8(2)15-16(11)3/h6,13H,4-5,12H2,1-3H3. The minimum absolute atomic E-state index is 0.725. The number of aromatic nitrogens is 3. The first-order valence-corrected chi connectivity index (χ1v) is 6.40. The topological polar surface area (TPSA) is 68.8 Å². The Morgan fingerprint density at radius 1 is 1.47 bits per heavy atom. The minimum atomic E-state index is 0.725. The van der Waals surface area contributed by atoms with Gasteiger partial charge in [-0.05, 0) is 13.8 Å². The Labute approximate surface area is 105 Å². The van der Waals surface area contributed by atoms with Crippen molar-refractivity contribution < 1.29 is 0 Å². The van der Waals surface area contributed by atoms with Crippen LogP contribution in [-0.2, 0) is 13.5 Å². The van der Waals surface area contributed by atoms with E-state index in [0.29, 0.717) is 0 Å². The lowest BCUT2D eigenvalue weighted by Gasteiger charge is -2.06. The zero-order valence-corrected chi connectivity index (χ0v) is 11.1. The number of nitrogens with one attached hydrogen (secondary N) is 1. The van der Waals surface area contributed by atoms with Gasteiger partial charge >= 0.3 is 0 Å². The SMILES string of the molecule is Cc1csc(CCNc2c(N)c(C)nn2C)n1. The number of nitrogen functional groups attached to an aromatic ring is 1. The number of nitrogens with two attached hydrogens (primary N) is 1. The molecule has 0 unspecified atom stereocenters. The number of thiazole rings is 1. The summed E-state index contributed by atoms with van der Waals surface area (Å²) in [7, 11) is 1.89. The van der Waals surface area contributed by atoms with Crippen molar-refractivity contribution in [2.75, 3.05) is 17.6 Å². The van der Waals surface area contributed by atoms with E-state index >= 15 is 0 Å². The van der Waals surface area contributed by atoms with Gasteiger partial charge in [-0.1, -0.05) is 0 Å². The Bertz CT molecular complexity index is 514. The second kappa shape index (κ2) is 4.75. The van der Waals surface area contributed by atoms with E-state index in [1.54, 1.807) is 16.0 Å². The van der Waals surface area contributed by atoms with Crippen molar-refractivity contribution in [3.8, 4) is 0 Å². The maximum Gasteiger partial charge on any atom is 0.147 e. The molecule has 17 heavy (non-hydrogen) atoms. The van der Waals surface area contributed by atoms with E-state index in [-0.39, 0.29) is 0 Å². The van der Waals surface area contributed by atoms with Crippen LogP contribution in [0.25, 0.3) is 0 Å². The van der Waals surface area contributed by atoms with Gasteiger partial charge in [-0.2, -0.15) is 5.10 Å². The van der Waals surface area contributed by atoms with E-state index < -0.39 is 0 Å². The highest BCUT2D eigenvalue weighted by molar-refractivity contribution is 7.09. The number of hydrogen-bond acceptors (Lipinski definition) is 5. The molecule has 6 heteroatoms. The molecule has 0 aliphatic rings. The molecule has 0 bridgehead atoms. The van der Waals surface area contributed by atoms with E-state index in [1.165, 1.54) is 0 Å². The largest absolute Gasteiger partial charge is 0.394 e. The summed E-state index contributed by atoms with van der Waals surface area (Å²) in [6.45, 7) is 4.73. The number of rotatable bonds is 4. The predicted molar refractivity (Wildman–Crippen MR) is 71.4 cm³/mol. The van der Waals surface area contributed by atoms with Gasteiger partial charge in [-0.15, -0.1) is 11.3 Å². The molecule has 3 N–H and O–H groups in total. The molecule has 2 heterocycles. The molecule has 0 saturated heterocycles. The third-order valence-electron chi connectivity index (χ3n) is 2.57.